The van der Waals surface area contributed by atoms with Gasteiger partial charge in [0.25, 0.3) is 0 Å². The Hall–Kier alpha value is -2.06. The average Bonchev–Trinajstić information content (AvgIpc) is 2.53. The Morgan fingerprint density at radius 2 is 2.43 bits per heavy atom. The molecule has 0 bridgehead atoms. The molecule has 0 saturated carbocycles. The third-order valence-corrected chi connectivity index (χ3v) is 3.79. The van der Waals surface area contributed by atoms with Crippen LogP contribution in [0.15, 0.2) is 24.3 Å². The van der Waals surface area contributed by atoms with Gasteiger partial charge in [0.15, 0.2) is 0 Å². The number of carbonyl (C=O) groups is 1. The molecule has 1 heterocycles. The molecule has 1 fully saturated rings. The second-order valence-corrected chi connectivity index (χ2v) is 5.37. The summed E-state index contributed by atoms with van der Waals surface area (Å²) in [7, 11) is 0. The number of urea groups is 1. The van der Waals surface area contributed by atoms with Gasteiger partial charge in [0.2, 0.25) is 0 Å². The van der Waals surface area contributed by atoms with Crippen molar-refractivity contribution in [3.05, 3.63) is 29.8 Å². The summed E-state index contributed by atoms with van der Waals surface area (Å²) in [6.45, 7) is 5.50. The van der Waals surface area contributed by atoms with Crippen LogP contribution in [0, 0.1) is 17.2 Å². The lowest BCUT2D eigenvalue weighted by Crippen LogP contribution is -2.42. The number of nitrogens with zero attached hydrogens (tertiary/aromatic N) is 2. The van der Waals surface area contributed by atoms with E-state index in [1.165, 1.54) is 12.8 Å². The maximum atomic E-state index is 12.3. The van der Waals surface area contributed by atoms with Crippen molar-refractivity contribution in [2.24, 2.45) is 5.92 Å². The lowest BCUT2D eigenvalue weighted by atomic mass is 9.99. The predicted molar refractivity (Wildman–Crippen MR) is 83.0 cm³/mol. The normalized spacial score (nSPS) is 17.8. The highest BCUT2D eigenvalue weighted by Crippen LogP contribution is 2.14. The van der Waals surface area contributed by atoms with E-state index in [-0.39, 0.29) is 6.03 Å². The Kier molecular flexibility index (Phi) is 5.59. The summed E-state index contributed by atoms with van der Waals surface area (Å²) in [6, 6.07) is 8.96. The summed E-state index contributed by atoms with van der Waals surface area (Å²) in [5.41, 5.74) is 1.21. The van der Waals surface area contributed by atoms with Gasteiger partial charge in [0.05, 0.1) is 11.6 Å². The largest absolute Gasteiger partial charge is 0.324 e. The molecule has 0 aliphatic carbocycles. The average molecular weight is 286 g/mol. The molecule has 0 spiro atoms. The van der Waals surface area contributed by atoms with Gasteiger partial charge in [-0.2, -0.15) is 5.26 Å². The van der Waals surface area contributed by atoms with Gasteiger partial charge in [-0.3, -0.25) is 0 Å². The highest BCUT2D eigenvalue weighted by Gasteiger charge is 2.19. The molecule has 0 aromatic heterocycles. The number of piperidine rings is 1. The molecule has 5 nitrogen and oxygen atoms in total. The lowest BCUT2D eigenvalue weighted by Gasteiger charge is -2.29. The first-order chi connectivity index (χ1) is 10.2. The first kappa shape index (κ1) is 15.3. The minimum absolute atomic E-state index is 0.0989. The maximum Gasteiger partial charge on any atom is 0.321 e. The summed E-state index contributed by atoms with van der Waals surface area (Å²) in [5, 5.41) is 15.1. The lowest BCUT2D eigenvalue weighted by molar-refractivity contribution is 0.197. The van der Waals surface area contributed by atoms with E-state index in [0.29, 0.717) is 23.7 Å². The highest BCUT2D eigenvalue weighted by molar-refractivity contribution is 5.89. The zero-order chi connectivity index (χ0) is 15.1. The van der Waals surface area contributed by atoms with Crippen molar-refractivity contribution in [3.63, 3.8) is 0 Å². The van der Waals surface area contributed by atoms with Crippen molar-refractivity contribution in [2.75, 3.05) is 31.5 Å². The fourth-order valence-corrected chi connectivity index (χ4v) is 2.62. The minimum Gasteiger partial charge on any atom is -0.324 e. The number of anilines is 1. The quantitative estimate of drug-likeness (QED) is 0.893. The zero-order valence-electron chi connectivity index (χ0n) is 12.4. The topological polar surface area (TPSA) is 68.2 Å². The van der Waals surface area contributed by atoms with Gasteiger partial charge in [-0.1, -0.05) is 6.07 Å². The number of nitriles is 1. The first-order valence-electron chi connectivity index (χ1n) is 7.49. The summed E-state index contributed by atoms with van der Waals surface area (Å²) >= 11 is 0. The van der Waals surface area contributed by atoms with E-state index >= 15 is 0 Å². The van der Waals surface area contributed by atoms with Gasteiger partial charge in [-0.25, -0.2) is 4.79 Å². The van der Waals surface area contributed by atoms with Crippen molar-refractivity contribution in [3.8, 4) is 6.07 Å². The Labute approximate surface area is 125 Å². The van der Waals surface area contributed by atoms with Crippen LogP contribution in [0.25, 0.3) is 0 Å². The summed E-state index contributed by atoms with van der Waals surface area (Å²) in [5.74, 6) is 0.523. The summed E-state index contributed by atoms with van der Waals surface area (Å²) < 4.78 is 0. The third-order valence-electron chi connectivity index (χ3n) is 3.79. The highest BCUT2D eigenvalue weighted by atomic mass is 16.2. The summed E-state index contributed by atoms with van der Waals surface area (Å²) in [4.78, 5) is 14.2. The van der Waals surface area contributed by atoms with Gasteiger partial charge in [0, 0.05) is 18.8 Å². The minimum atomic E-state index is -0.0989. The fraction of sp³-hybridized carbons (Fsp3) is 0.500. The molecular formula is C16H22N4O. The summed E-state index contributed by atoms with van der Waals surface area (Å²) in [6.07, 6.45) is 2.34. The maximum absolute atomic E-state index is 12.3. The second kappa shape index (κ2) is 7.65. The Morgan fingerprint density at radius 1 is 1.57 bits per heavy atom. The predicted octanol–water partition coefficient (Wildman–Crippen LogP) is 2.41. The van der Waals surface area contributed by atoms with Crippen molar-refractivity contribution in [1.29, 1.82) is 5.26 Å². The second-order valence-electron chi connectivity index (χ2n) is 5.37. The van der Waals surface area contributed by atoms with E-state index in [2.05, 4.69) is 16.7 Å². The molecule has 1 saturated heterocycles. The number of hydrogen-bond acceptors (Lipinski definition) is 3. The number of amides is 2. The smallest absolute Gasteiger partial charge is 0.321 e. The Bertz CT molecular complexity index is 517. The Balaban J connectivity index is 1.94. The molecule has 1 unspecified atom stereocenters. The molecule has 1 aromatic rings. The van der Waals surface area contributed by atoms with Gasteiger partial charge in [-0.05, 0) is 57.0 Å². The first-order valence-corrected chi connectivity index (χ1v) is 7.49. The Morgan fingerprint density at radius 3 is 3.10 bits per heavy atom. The number of carbonyl (C=O) groups excluding carboxylic acids is 1. The molecule has 2 rings (SSSR count). The van der Waals surface area contributed by atoms with Crippen molar-refractivity contribution < 1.29 is 4.79 Å². The molecule has 5 heteroatoms. The van der Waals surface area contributed by atoms with Crippen LogP contribution in [-0.4, -0.2) is 37.1 Å². The molecule has 1 aliphatic rings. The van der Waals surface area contributed by atoms with Gasteiger partial charge >= 0.3 is 6.03 Å². The monoisotopic (exact) mass is 286 g/mol. The van der Waals surface area contributed by atoms with Crippen molar-refractivity contribution in [2.45, 2.75) is 19.8 Å². The van der Waals surface area contributed by atoms with Crippen LogP contribution in [0.2, 0.25) is 0 Å². The molecule has 112 valence electrons. The van der Waals surface area contributed by atoms with Crippen molar-refractivity contribution >= 4 is 11.7 Å². The van der Waals surface area contributed by atoms with E-state index in [4.69, 9.17) is 5.26 Å². The number of hydrogen-bond donors (Lipinski definition) is 2. The van der Waals surface area contributed by atoms with Gasteiger partial charge < -0.3 is 15.5 Å². The number of benzene rings is 1. The zero-order valence-corrected chi connectivity index (χ0v) is 12.4. The standard InChI is InChI=1S/C16H22N4O/c1-2-20(12-14-6-4-8-18-11-14)16(21)19-15-7-3-5-13(9-15)10-17/h3,5,7,9,14,18H,2,4,6,8,11-12H2,1H3,(H,19,21). The molecule has 1 atom stereocenters. The van der Waals surface area contributed by atoms with Crippen LogP contribution >= 0.6 is 0 Å². The van der Waals surface area contributed by atoms with E-state index in [9.17, 15) is 4.79 Å². The number of nitrogens with one attached hydrogen (secondary N) is 2. The molecule has 1 aliphatic heterocycles. The molecule has 1 aromatic carbocycles. The van der Waals surface area contributed by atoms with Crippen LogP contribution in [0.4, 0.5) is 10.5 Å². The van der Waals surface area contributed by atoms with Crippen LogP contribution < -0.4 is 10.6 Å². The van der Waals surface area contributed by atoms with Crippen molar-refractivity contribution in [1.82, 2.24) is 10.2 Å². The van der Waals surface area contributed by atoms with Crippen LogP contribution in [0.1, 0.15) is 25.3 Å². The van der Waals surface area contributed by atoms with Crippen LogP contribution in [-0.2, 0) is 0 Å². The van der Waals surface area contributed by atoms with E-state index in [0.717, 1.165) is 19.6 Å². The molecule has 2 N–H and O–H groups in total. The molecule has 0 radical (unpaired) electrons. The van der Waals surface area contributed by atoms with E-state index < -0.39 is 0 Å². The van der Waals surface area contributed by atoms with E-state index in [1.54, 1.807) is 24.3 Å². The molecular weight excluding hydrogens is 264 g/mol. The van der Waals surface area contributed by atoms with Crippen LogP contribution in [0.3, 0.4) is 0 Å². The SMILES string of the molecule is CCN(CC1CCCNC1)C(=O)Nc1cccc(C#N)c1. The third kappa shape index (κ3) is 4.47. The number of rotatable bonds is 4. The molecule has 21 heavy (non-hydrogen) atoms. The molecule has 2 amide bonds. The van der Waals surface area contributed by atoms with E-state index in [1.807, 2.05) is 11.8 Å². The van der Waals surface area contributed by atoms with Gasteiger partial charge in [0.1, 0.15) is 0 Å². The fourth-order valence-electron chi connectivity index (χ4n) is 2.62. The van der Waals surface area contributed by atoms with Crippen LogP contribution in [0.5, 0.6) is 0 Å². The van der Waals surface area contributed by atoms with Gasteiger partial charge in [-0.15, -0.1) is 0 Å².